The highest BCUT2D eigenvalue weighted by molar-refractivity contribution is 5.85. The molecule has 1 amide bonds. The van der Waals surface area contributed by atoms with Gasteiger partial charge < -0.3 is 4.74 Å². The van der Waals surface area contributed by atoms with Gasteiger partial charge in [0, 0.05) is 7.11 Å². The average Bonchev–Trinajstić information content (AvgIpc) is 1.90. The Bertz CT molecular complexity index is 95.6. The minimum Gasteiger partial charge on any atom is -0.372 e. The van der Waals surface area contributed by atoms with E-state index in [9.17, 15) is 4.79 Å². The lowest BCUT2D eigenvalue weighted by molar-refractivity contribution is -0.131. The van der Waals surface area contributed by atoms with Crippen LogP contribution in [-0.4, -0.2) is 19.1 Å². The summed E-state index contributed by atoms with van der Waals surface area (Å²) in [5.41, 5.74) is 2.00. The molecule has 0 fully saturated rings. The van der Waals surface area contributed by atoms with Crippen LogP contribution in [0.25, 0.3) is 0 Å². The Morgan fingerprint density at radius 2 is 2.30 bits per heavy atom. The van der Waals surface area contributed by atoms with Crippen LogP contribution in [0.4, 0.5) is 0 Å². The normalized spacial score (nSPS) is 11.5. The van der Waals surface area contributed by atoms with Crippen molar-refractivity contribution in [3.63, 3.8) is 0 Å². The van der Waals surface area contributed by atoms with Gasteiger partial charge in [-0.15, -0.1) is 12.4 Å². The molecule has 3 N–H and O–H groups in total. The second-order valence-electron chi connectivity index (χ2n) is 1.64. The molecule has 0 aromatic heterocycles. The summed E-state index contributed by atoms with van der Waals surface area (Å²) in [6.07, 6.45) is 0.231. The molecular formula is C5H13ClN2O2. The van der Waals surface area contributed by atoms with E-state index in [4.69, 9.17) is 10.6 Å². The van der Waals surface area contributed by atoms with Crippen LogP contribution >= 0.6 is 12.4 Å². The molecular weight excluding hydrogens is 156 g/mol. The van der Waals surface area contributed by atoms with Crippen molar-refractivity contribution in [1.82, 2.24) is 5.43 Å². The smallest absolute Gasteiger partial charge is 0.262 e. The van der Waals surface area contributed by atoms with E-state index >= 15 is 0 Å². The summed E-state index contributed by atoms with van der Waals surface area (Å²) in [4.78, 5) is 10.6. The van der Waals surface area contributed by atoms with Crippen LogP contribution < -0.4 is 11.3 Å². The van der Waals surface area contributed by atoms with Crippen molar-refractivity contribution in [3.05, 3.63) is 0 Å². The van der Waals surface area contributed by atoms with Crippen LogP contribution in [0.15, 0.2) is 0 Å². The first-order chi connectivity index (χ1) is 4.26. The Labute approximate surface area is 66.5 Å². The van der Waals surface area contributed by atoms with Gasteiger partial charge in [-0.1, -0.05) is 6.92 Å². The zero-order chi connectivity index (χ0) is 7.28. The van der Waals surface area contributed by atoms with Crippen molar-refractivity contribution in [1.29, 1.82) is 0 Å². The summed E-state index contributed by atoms with van der Waals surface area (Å²) in [5.74, 6) is 4.57. The van der Waals surface area contributed by atoms with Crippen LogP contribution in [0.2, 0.25) is 0 Å². The van der Waals surface area contributed by atoms with Crippen molar-refractivity contribution in [3.8, 4) is 0 Å². The highest BCUT2D eigenvalue weighted by Crippen LogP contribution is 1.93. The molecule has 0 aliphatic heterocycles. The lowest BCUT2D eigenvalue weighted by Crippen LogP contribution is -2.39. The van der Waals surface area contributed by atoms with Crippen molar-refractivity contribution in [2.45, 2.75) is 19.4 Å². The second-order valence-corrected chi connectivity index (χ2v) is 1.64. The standard InChI is InChI=1S/C5H12N2O2.ClH/c1-3-4(9-2)5(8)7-6;/h4H,3,6H2,1-2H3,(H,7,8);1H. The number of ether oxygens (including phenoxy) is 1. The lowest BCUT2D eigenvalue weighted by atomic mass is 10.3. The van der Waals surface area contributed by atoms with Crippen LogP contribution in [-0.2, 0) is 9.53 Å². The SMILES string of the molecule is CCC(OC)C(=O)NN.Cl. The Morgan fingerprint density at radius 1 is 1.80 bits per heavy atom. The number of methoxy groups -OCH3 is 1. The minimum absolute atomic E-state index is 0. The number of amides is 1. The summed E-state index contributed by atoms with van der Waals surface area (Å²) >= 11 is 0. The number of carbonyl (C=O) groups excluding carboxylic acids is 1. The van der Waals surface area contributed by atoms with Gasteiger partial charge >= 0.3 is 0 Å². The number of rotatable bonds is 3. The van der Waals surface area contributed by atoms with Gasteiger partial charge in [-0.2, -0.15) is 0 Å². The van der Waals surface area contributed by atoms with E-state index in [1.807, 2.05) is 12.3 Å². The van der Waals surface area contributed by atoms with E-state index < -0.39 is 6.10 Å². The molecule has 5 heteroatoms. The maximum Gasteiger partial charge on any atom is 0.262 e. The number of hydrogen-bond acceptors (Lipinski definition) is 3. The minimum atomic E-state index is -0.407. The molecule has 0 rings (SSSR count). The maximum absolute atomic E-state index is 10.6. The number of hydrazine groups is 1. The summed E-state index contributed by atoms with van der Waals surface area (Å²) < 4.78 is 4.76. The van der Waals surface area contributed by atoms with Crippen molar-refractivity contribution < 1.29 is 9.53 Å². The largest absolute Gasteiger partial charge is 0.372 e. The Morgan fingerprint density at radius 3 is 2.40 bits per heavy atom. The molecule has 0 aliphatic carbocycles. The Hall–Kier alpha value is -0.320. The Kier molecular flexibility index (Phi) is 8.40. The third-order valence-electron chi connectivity index (χ3n) is 1.09. The van der Waals surface area contributed by atoms with Gasteiger partial charge in [0.05, 0.1) is 0 Å². The molecule has 0 heterocycles. The number of nitrogens with two attached hydrogens (primary N) is 1. The maximum atomic E-state index is 10.6. The molecule has 0 bridgehead atoms. The molecule has 4 nitrogen and oxygen atoms in total. The summed E-state index contributed by atoms with van der Waals surface area (Å²) in [6.45, 7) is 1.85. The van der Waals surface area contributed by atoms with Gasteiger partial charge in [0.25, 0.3) is 5.91 Å². The van der Waals surface area contributed by atoms with Gasteiger partial charge in [0.1, 0.15) is 6.10 Å². The van der Waals surface area contributed by atoms with Crippen LogP contribution in [0.5, 0.6) is 0 Å². The fraction of sp³-hybridized carbons (Fsp3) is 0.800. The van der Waals surface area contributed by atoms with E-state index in [1.165, 1.54) is 7.11 Å². The van der Waals surface area contributed by atoms with Crippen LogP contribution in [0, 0.1) is 0 Å². The second kappa shape index (κ2) is 6.80. The fourth-order valence-corrected chi connectivity index (χ4v) is 0.552. The summed E-state index contributed by atoms with van der Waals surface area (Å²) in [5, 5.41) is 0. The molecule has 0 aromatic carbocycles. The van der Waals surface area contributed by atoms with Crippen molar-refractivity contribution in [2.24, 2.45) is 5.84 Å². The molecule has 1 unspecified atom stereocenters. The average molecular weight is 169 g/mol. The first kappa shape index (κ1) is 12.4. The predicted octanol–water partition coefficient (Wildman–Crippen LogP) is -0.177. The van der Waals surface area contributed by atoms with Crippen molar-refractivity contribution >= 4 is 18.3 Å². The number of nitrogens with one attached hydrogen (secondary N) is 1. The van der Waals surface area contributed by atoms with E-state index in [1.54, 1.807) is 0 Å². The van der Waals surface area contributed by atoms with E-state index in [0.29, 0.717) is 6.42 Å². The van der Waals surface area contributed by atoms with Gasteiger partial charge in [-0.3, -0.25) is 10.2 Å². The highest BCUT2D eigenvalue weighted by atomic mass is 35.5. The molecule has 0 radical (unpaired) electrons. The van der Waals surface area contributed by atoms with E-state index in [-0.39, 0.29) is 18.3 Å². The topological polar surface area (TPSA) is 64.3 Å². The summed E-state index contributed by atoms with van der Waals surface area (Å²) in [7, 11) is 1.48. The van der Waals surface area contributed by atoms with Gasteiger partial charge in [-0.05, 0) is 6.42 Å². The van der Waals surface area contributed by atoms with Crippen molar-refractivity contribution in [2.75, 3.05) is 7.11 Å². The molecule has 62 valence electrons. The molecule has 0 saturated carbocycles. The monoisotopic (exact) mass is 168 g/mol. The van der Waals surface area contributed by atoms with Gasteiger partial charge in [0.2, 0.25) is 0 Å². The van der Waals surface area contributed by atoms with Gasteiger partial charge in [-0.25, -0.2) is 5.84 Å². The number of halogens is 1. The molecule has 10 heavy (non-hydrogen) atoms. The quantitative estimate of drug-likeness (QED) is 0.349. The zero-order valence-corrected chi connectivity index (χ0v) is 6.90. The lowest BCUT2D eigenvalue weighted by Gasteiger charge is -2.09. The van der Waals surface area contributed by atoms with Crippen LogP contribution in [0.3, 0.4) is 0 Å². The highest BCUT2D eigenvalue weighted by Gasteiger charge is 2.12. The molecule has 0 aromatic rings. The first-order valence-corrected chi connectivity index (χ1v) is 2.79. The first-order valence-electron chi connectivity index (χ1n) is 2.79. The fourth-order valence-electron chi connectivity index (χ4n) is 0.552. The van der Waals surface area contributed by atoms with Gasteiger partial charge in [0.15, 0.2) is 0 Å². The molecule has 1 atom stereocenters. The molecule has 0 saturated heterocycles. The van der Waals surface area contributed by atoms with E-state index in [2.05, 4.69) is 0 Å². The molecule has 0 aliphatic rings. The van der Waals surface area contributed by atoms with E-state index in [0.717, 1.165) is 0 Å². The zero-order valence-electron chi connectivity index (χ0n) is 6.09. The van der Waals surface area contributed by atoms with Crippen LogP contribution in [0.1, 0.15) is 13.3 Å². The number of hydrogen-bond donors (Lipinski definition) is 2. The third kappa shape index (κ3) is 3.66. The third-order valence-corrected chi connectivity index (χ3v) is 1.09. The summed E-state index contributed by atoms with van der Waals surface area (Å²) in [6, 6.07) is 0. The predicted molar refractivity (Wildman–Crippen MR) is 40.7 cm³/mol. The number of carbonyl (C=O) groups is 1. The Balaban J connectivity index is 0. The molecule has 0 spiro atoms.